The van der Waals surface area contributed by atoms with Crippen LogP contribution in [0.2, 0.25) is 0 Å². The molecule has 8 rings (SSSR count). The van der Waals surface area contributed by atoms with Crippen molar-refractivity contribution in [2.45, 2.75) is 193 Å². The van der Waals surface area contributed by atoms with Crippen LogP contribution in [0.3, 0.4) is 0 Å². The molecule has 2 heterocycles. The lowest BCUT2D eigenvalue weighted by molar-refractivity contribution is -0.237. The molecule has 0 atom stereocenters. The van der Waals surface area contributed by atoms with Crippen molar-refractivity contribution >= 4 is 0 Å². The summed E-state index contributed by atoms with van der Waals surface area (Å²) >= 11 is 0. The van der Waals surface area contributed by atoms with Crippen molar-refractivity contribution in [3.63, 3.8) is 0 Å². The van der Waals surface area contributed by atoms with E-state index in [-0.39, 0.29) is 12.6 Å². The first-order chi connectivity index (χ1) is 29.2. The third-order valence-electron chi connectivity index (χ3n) is 18.1. The Kier molecular flexibility index (Phi) is 18.7. The molecule has 0 N–H and O–H groups in total. The number of allylic oxidation sites excluding steroid dienone is 2. The molecule has 6 aliphatic carbocycles. The Balaban J connectivity index is 0.000000181. The summed E-state index contributed by atoms with van der Waals surface area (Å²) in [6, 6.07) is 0. The average molecular weight is 849 g/mol. The van der Waals surface area contributed by atoms with Crippen LogP contribution in [-0.2, 0) is 18.9 Å². The van der Waals surface area contributed by atoms with Gasteiger partial charge in [0.1, 0.15) is 0 Å². The summed E-state index contributed by atoms with van der Waals surface area (Å²) in [5.74, 6) is 10.0. The molecule has 0 spiro atoms. The van der Waals surface area contributed by atoms with Crippen LogP contribution in [0.15, 0.2) is 24.3 Å². The summed E-state index contributed by atoms with van der Waals surface area (Å²) < 4.78 is 74.3. The highest BCUT2D eigenvalue weighted by molar-refractivity contribution is 4.90. The zero-order chi connectivity index (χ0) is 41.8. The third-order valence-corrected chi connectivity index (χ3v) is 18.1. The Morgan fingerprint density at radius 2 is 0.567 bits per heavy atom. The quantitative estimate of drug-likeness (QED) is 0.205. The molecule has 6 saturated carbocycles. The highest BCUT2D eigenvalue weighted by atomic mass is 19.3. The van der Waals surface area contributed by atoms with Crippen LogP contribution >= 0.6 is 0 Å². The molecule has 344 valence electrons. The minimum Gasteiger partial charge on any atom is -0.352 e. The first-order valence-electron chi connectivity index (χ1n) is 25.6. The minimum atomic E-state index is -1.51. The van der Waals surface area contributed by atoms with Gasteiger partial charge in [-0.3, -0.25) is 0 Å². The van der Waals surface area contributed by atoms with Gasteiger partial charge in [-0.15, -0.1) is 0 Å². The Morgan fingerprint density at radius 3 is 0.867 bits per heavy atom. The van der Waals surface area contributed by atoms with Gasteiger partial charge in [-0.1, -0.05) is 39.5 Å². The molecule has 8 aliphatic rings. The SMILES string of the molecule is CC1CCC(C2COC(C3CCC(C4CCC(CC=C(F)F)CC4)CC3)OC2)CC1.CC1CCC(C2OCC(C3CCC(C4CCC(CC=C(F)F)CC4)CC3)CO2)CC1. The van der Waals surface area contributed by atoms with Crippen LogP contribution in [0, 0.1) is 82.9 Å². The fourth-order valence-corrected chi connectivity index (χ4v) is 13.7. The third kappa shape index (κ3) is 14.0. The van der Waals surface area contributed by atoms with Gasteiger partial charge in [-0.25, -0.2) is 0 Å². The van der Waals surface area contributed by atoms with Gasteiger partial charge in [0.25, 0.3) is 12.2 Å². The summed E-state index contributed by atoms with van der Waals surface area (Å²) in [6.07, 6.45) is 31.0. The van der Waals surface area contributed by atoms with Gasteiger partial charge in [0.05, 0.1) is 26.4 Å². The van der Waals surface area contributed by atoms with Crippen molar-refractivity contribution in [1.29, 1.82) is 0 Å². The first-order valence-corrected chi connectivity index (χ1v) is 25.6. The summed E-state index contributed by atoms with van der Waals surface area (Å²) in [5.41, 5.74) is 0. The van der Waals surface area contributed by atoms with Crippen molar-refractivity contribution in [3.05, 3.63) is 24.3 Å². The van der Waals surface area contributed by atoms with Gasteiger partial charge in [0.15, 0.2) is 12.6 Å². The van der Waals surface area contributed by atoms with Gasteiger partial charge in [0.2, 0.25) is 0 Å². The maximum Gasteiger partial charge on any atom is 0.266 e. The summed E-state index contributed by atoms with van der Waals surface area (Å²) in [5, 5.41) is 0. The predicted octanol–water partition coefficient (Wildman–Crippen LogP) is 15.2. The zero-order valence-electron chi connectivity index (χ0n) is 37.8. The lowest BCUT2D eigenvalue weighted by Crippen LogP contribution is -2.41. The fraction of sp³-hybridized carbons (Fsp3) is 0.923. The molecule has 0 aromatic rings. The highest BCUT2D eigenvalue weighted by Crippen LogP contribution is 2.46. The number of hydrogen-bond acceptors (Lipinski definition) is 4. The molecule has 60 heavy (non-hydrogen) atoms. The van der Waals surface area contributed by atoms with E-state index in [2.05, 4.69) is 13.8 Å². The average Bonchev–Trinajstić information content (AvgIpc) is 3.29. The smallest absolute Gasteiger partial charge is 0.266 e. The van der Waals surface area contributed by atoms with Crippen molar-refractivity contribution in [1.82, 2.24) is 0 Å². The van der Waals surface area contributed by atoms with Crippen LogP contribution < -0.4 is 0 Å². The molecular weight excluding hydrogens is 765 g/mol. The van der Waals surface area contributed by atoms with E-state index in [1.165, 1.54) is 128 Å². The number of hydrogen-bond donors (Lipinski definition) is 0. The first kappa shape index (κ1) is 47.0. The largest absolute Gasteiger partial charge is 0.352 e. The van der Waals surface area contributed by atoms with E-state index in [4.69, 9.17) is 18.9 Å². The van der Waals surface area contributed by atoms with E-state index in [0.29, 0.717) is 48.3 Å². The van der Waals surface area contributed by atoms with Crippen molar-refractivity contribution < 1.29 is 36.5 Å². The van der Waals surface area contributed by atoms with Crippen LogP contribution in [-0.4, -0.2) is 39.0 Å². The predicted molar refractivity (Wildman–Crippen MR) is 232 cm³/mol. The van der Waals surface area contributed by atoms with Crippen LogP contribution in [0.4, 0.5) is 17.6 Å². The van der Waals surface area contributed by atoms with Gasteiger partial charge in [0, 0.05) is 23.7 Å². The lowest BCUT2D eigenvalue weighted by atomic mass is 9.67. The monoisotopic (exact) mass is 849 g/mol. The van der Waals surface area contributed by atoms with Gasteiger partial charge >= 0.3 is 0 Å². The van der Waals surface area contributed by atoms with Crippen LogP contribution in [0.1, 0.15) is 181 Å². The topological polar surface area (TPSA) is 36.9 Å². The summed E-state index contributed by atoms with van der Waals surface area (Å²) in [4.78, 5) is 0. The molecule has 2 saturated heterocycles. The van der Waals surface area contributed by atoms with E-state index in [9.17, 15) is 17.6 Å². The molecule has 4 nitrogen and oxygen atoms in total. The maximum absolute atomic E-state index is 12.3. The van der Waals surface area contributed by atoms with E-state index < -0.39 is 12.2 Å². The molecule has 8 fully saturated rings. The second kappa shape index (κ2) is 23.8. The highest BCUT2D eigenvalue weighted by Gasteiger charge is 2.39. The minimum absolute atomic E-state index is 0.0304. The lowest BCUT2D eigenvalue weighted by Gasteiger charge is -2.42. The number of rotatable bonds is 10. The maximum atomic E-state index is 12.3. The Hall–Kier alpha value is -0.960. The molecule has 2 aliphatic heterocycles. The van der Waals surface area contributed by atoms with Gasteiger partial charge < -0.3 is 18.9 Å². The normalized spacial score (nSPS) is 43.2. The van der Waals surface area contributed by atoms with E-state index in [0.717, 1.165) is 112 Å². The van der Waals surface area contributed by atoms with Crippen molar-refractivity contribution in [2.75, 3.05) is 26.4 Å². The molecule has 0 aromatic heterocycles. The molecule has 0 unspecified atom stereocenters. The van der Waals surface area contributed by atoms with Crippen molar-refractivity contribution in [3.8, 4) is 0 Å². The zero-order valence-corrected chi connectivity index (χ0v) is 37.8. The van der Waals surface area contributed by atoms with E-state index in [1.54, 1.807) is 0 Å². The molecule has 0 amide bonds. The van der Waals surface area contributed by atoms with Gasteiger partial charge in [-0.2, -0.15) is 17.6 Å². The Morgan fingerprint density at radius 1 is 0.333 bits per heavy atom. The van der Waals surface area contributed by atoms with Crippen molar-refractivity contribution in [2.24, 2.45) is 82.9 Å². The van der Waals surface area contributed by atoms with E-state index in [1.807, 2.05) is 0 Å². The number of ether oxygens (including phenoxy) is 4. The Labute approximate surface area is 362 Å². The molecule has 0 bridgehead atoms. The fourth-order valence-electron chi connectivity index (χ4n) is 13.7. The standard InChI is InChI=1S/2C26H42F2O2/c1-18-2-7-23(8-3-18)26-29-16-24(17-30-26)22-13-11-21(12-14-22)20-9-4-19(5-10-20)6-15-25(27)28;1-18-2-7-22(8-3-18)24-16-29-26(30-17-24)23-13-11-21(12-14-23)20-9-4-19(5-10-20)6-15-25(27)28/h2*15,18-24,26H,2-14,16-17H2,1H3. The Bertz CT molecular complexity index is 1160. The molecule has 0 radical (unpaired) electrons. The van der Waals surface area contributed by atoms with Crippen LogP contribution in [0.25, 0.3) is 0 Å². The van der Waals surface area contributed by atoms with Gasteiger partial charge in [-0.05, 0) is 213 Å². The van der Waals surface area contributed by atoms with Crippen LogP contribution in [0.5, 0.6) is 0 Å². The molecule has 8 heteroatoms. The second-order valence-electron chi connectivity index (χ2n) is 22.0. The number of halogens is 4. The summed E-state index contributed by atoms with van der Waals surface area (Å²) in [7, 11) is 0. The van der Waals surface area contributed by atoms with E-state index >= 15 is 0 Å². The second-order valence-corrected chi connectivity index (χ2v) is 22.0. The molecule has 0 aromatic carbocycles. The summed E-state index contributed by atoms with van der Waals surface area (Å²) in [6.45, 7) is 8.35. The molecular formula is C52H84F4O4.